The number of hydrogen-bond donors (Lipinski definition) is 1. The van der Waals surface area contributed by atoms with E-state index in [1.165, 1.54) is 12.1 Å². The molecule has 0 aliphatic carbocycles. The highest BCUT2D eigenvalue weighted by molar-refractivity contribution is 6.33. The van der Waals surface area contributed by atoms with Gasteiger partial charge in [0.15, 0.2) is 6.61 Å². The Morgan fingerprint density at radius 1 is 1.08 bits per heavy atom. The Labute approximate surface area is 144 Å². The Bertz CT molecular complexity index is 791. The van der Waals surface area contributed by atoms with Crippen molar-refractivity contribution in [3.05, 3.63) is 64.4 Å². The number of amides is 1. The normalized spacial score (nSPS) is 11.1. The van der Waals surface area contributed by atoms with Crippen LogP contribution in [0.3, 0.4) is 0 Å². The Morgan fingerprint density at radius 3 is 2.32 bits per heavy atom. The molecule has 0 fully saturated rings. The molecule has 0 aromatic heterocycles. The molecule has 1 N–H and O–H groups in total. The van der Waals surface area contributed by atoms with Gasteiger partial charge in [-0.3, -0.25) is 4.79 Å². The third kappa shape index (κ3) is 5.18. The van der Waals surface area contributed by atoms with Crippen molar-refractivity contribution in [3.8, 4) is 0 Å². The van der Waals surface area contributed by atoms with Crippen molar-refractivity contribution in [1.29, 1.82) is 0 Å². The van der Waals surface area contributed by atoms with E-state index in [4.69, 9.17) is 16.3 Å². The Balaban J connectivity index is 1.98. The number of ether oxygens (including phenoxy) is 1. The first-order chi connectivity index (χ1) is 11.7. The van der Waals surface area contributed by atoms with Crippen LogP contribution in [0, 0.1) is 5.82 Å². The van der Waals surface area contributed by atoms with Gasteiger partial charge in [-0.1, -0.05) is 11.6 Å². The molecular formula is C16H10ClF4NO3. The van der Waals surface area contributed by atoms with Crippen molar-refractivity contribution in [3.63, 3.8) is 0 Å². The molecule has 9 heteroatoms. The highest BCUT2D eigenvalue weighted by Crippen LogP contribution is 2.33. The monoisotopic (exact) mass is 375 g/mol. The summed E-state index contributed by atoms with van der Waals surface area (Å²) in [4.78, 5) is 23.4. The molecule has 1 amide bonds. The van der Waals surface area contributed by atoms with Gasteiger partial charge in [-0.2, -0.15) is 13.2 Å². The summed E-state index contributed by atoms with van der Waals surface area (Å²) in [5.41, 5.74) is -1.24. The van der Waals surface area contributed by atoms with Crippen molar-refractivity contribution in [2.45, 2.75) is 6.18 Å². The molecule has 0 atom stereocenters. The second-order valence-electron chi connectivity index (χ2n) is 4.82. The first-order valence-electron chi connectivity index (χ1n) is 6.76. The number of nitrogens with one attached hydrogen (secondary N) is 1. The molecule has 2 aromatic carbocycles. The fraction of sp³-hybridized carbons (Fsp3) is 0.125. The summed E-state index contributed by atoms with van der Waals surface area (Å²) >= 11 is 5.74. The summed E-state index contributed by atoms with van der Waals surface area (Å²) in [7, 11) is 0. The van der Waals surface area contributed by atoms with Crippen LogP contribution >= 0.6 is 11.6 Å². The molecule has 0 aliphatic rings. The zero-order valence-electron chi connectivity index (χ0n) is 12.4. The second kappa shape index (κ2) is 7.52. The van der Waals surface area contributed by atoms with Crippen LogP contribution in [0.2, 0.25) is 5.02 Å². The van der Waals surface area contributed by atoms with E-state index in [0.29, 0.717) is 6.07 Å². The van der Waals surface area contributed by atoms with Crippen molar-refractivity contribution >= 4 is 29.2 Å². The number of alkyl halides is 3. The number of esters is 1. The molecule has 0 aliphatic heterocycles. The third-order valence-electron chi connectivity index (χ3n) is 2.98. The predicted octanol–water partition coefficient (Wildman–Crippen LogP) is 4.29. The molecule has 0 saturated heterocycles. The van der Waals surface area contributed by atoms with Gasteiger partial charge in [-0.05, 0) is 42.5 Å². The SMILES string of the molecule is O=C(COC(=O)c1ccc(F)cc1)Nc1cc(C(F)(F)F)ccc1Cl. The maximum atomic E-state index is 12.8. The van der Waals surface area contributed by atoms with Crippen molar-refractivity contribution in [2.24, 2.45) is 0 Å². The average molecular weight is 376 g/mol. The molecule has 4 nitrogen and oxygen atoms in total. The maximum Gasteiger partial charge on any atom is 0.416 e. The smallest absolute Gasteiger partial charge is 0.416 e. The fourth-order valence-electron chi connectivity index (χ4n) is 1.78. The van der Waals surface area contributed by atoms with Gasteiger partial charge in [0.05, 0.1) is 21.8 Å². The summed E-state index contributed by atoms with van der Waals surface area (Å²) in [5, 5.41) is 2.03. The number of anilines is 1. The number of halogens is 5. The number of hydrogen-bond acceptors (Lipinski definition) is 3. The largest absolute Gasteiger partial charge is 0.452 e. The minimum atomic E-state index is -4.60. The van der Waals surface area contributed by atoms with Gasteiger partial charge in [0.2, 0.25) is 0 Å². The van der Waals surface area contributed by atoms with Crippen LogP contribution in [0.4, 0.5) is 23.2 Å². The van der Waals surface area contributed by atoms with Gasteiger partial charge in [-0.25, -0.2) is 9.18 Å². The Kier molecular flexibility index (Phi) is 5.63. The van der Waals surface area contributed by atoms with E-state index in [1.54, 1.807) is 0 Å². The first-order valence-corrected chi connectivity index (χ1v) is 7.14. The van der Waals surface area contributed by atoms with Gasteiger partial charge >= 0.3 is 12.1 Å². The summed E-state index contributed by atoms with van der Waals surface area (Å²) in [5.74, 6) is -2.31. The molecule has 0 saturated carbocycles. The van der Waals surface area contributed by atoms with Crippen LogP contribution in [0.5, 0.6) is 0 Å². The van der Waals surface area contributed by atoms with E-state index in [2.05, 4.69) is 5.32 Å². The van der Waals surface area contributed by atoms with Crippen LogP contribution in [-0.4, -0.2) is 18.5 Å². The Hall–Kier alpha value is -2.61. The summed E-state index contributed by atoms with van der Waals surface area (Å²) in [6.45, 7) is -0.747. The molecule has 0 spiro atoms. The Morgan fingerprint density at radius 2 is 1.72 bits per heavy atom. The van der Waals surface area contributed by atoms with Gasteiger partial charge in [0.1, 0.15) is 5.82 Å². The van der Waals surface area contributed by atoms with Gasteiger partial charge in [0.25, 0.3) is 5.91 Å². The van der Waals surface area contributed by atoms with E-state index < -0.39 is 36.0 Å². The number of carbonyl (C=O) groups excluding carboxylic acids is 2. The van der Waals surface area contributed by atoms with E-state index in [-0.39, 0.29) is 16.3 Å². The van der Waals surface area contributed by atoms with Crippen LogP contribution in [-0.2, 0) is 15.7 Å². The number of rotatable bonds is 4. The lowest BCUT2D eigenvalue weighted by molar-refractivity contribution is -0.137. The van der Waals surface area contributed by atoms with Gasteiger partial charge in [-0.15, -0.1) is 0 Å². The van der Waals surface area contributed by atoms with Crippen molar-refractivity contribution < 1.29 is 31.9 Å². The van der Waals surface area contributed by atoms with E-state index in [0.717, 1.165) is 24.3 Å². The highest BCUT2D eigenvalue weighted by atomic mass is 35.5. The van der Waals surface area contributed by atoms with Crippen molar-refractivity contribution in [1.82, 2.24) is 0 Å². The quantitative estimate of drug-likeness (QED) is 0.640. The minimum absolute atomic E-state index is 0.0197. The summed E-state index contributed by atoms with van der Waals surface area (Å²) in [6.07, 6.45) is -4.60. The number of benzene rings is 2. The molecular weight excluding hydrogens is 366 g/mol. The third-order valence-corrected chi connectivity index (χ3v) is 3.31. The molecule has 2 aromatic rings. The predicted molar refractivity (Wildman–Crippen MR) is 81.8 cm³/mol. The van der Waals surface area contributed by atoms with Crippen LogP contribution in [0.25, 0.3) is 0 Å². The topological polar surface area (TPSA) is 55.4 Å². The van der Waals surface area contributed by atoms with E-state index in [1.807, 2.05) is 0 Å². The van der Waals surface area contributed by atoms with Gasteiger partial charge < -0.3 is 10.1 Å². The van der Waals surface area contributed by atoms with E-state index >= 15 is 0 Å². The summed E-state index contributed by atoms with van der Waals surface area (Å²) in [6, 6.07) is 6.84. The minimum Gasteiger partial charge on any atom is -0.452 e. The van der Waals surface area contributed by atoms with Crippen LogP contribution in [0.15, 0.2) is 42.5 Å². The number of carbonyl (C=O) groups is 2. The lowest BCUT2D eigenvalue weighted by Crippen LogP contribution is -2.21. The fourth-order valence-corrected chi connectivity index (χ4v) is 1.95. The molecule has 2 rings (SSSR count). The zero-order chi connectivity index (χ0) is 18.6. The molecule has 0 bridgehead atoms. The molecule has 0 unspecified atom stereocenters. The lowest BCUT2D eigenvalue weighted by Gasteiger charge is -2.11. The van der Waals surface area contributed by atoms with E-state index in [9.17, 15) is 27.2 Å². The molecule has 25 heavy (non-hydrogen) atoms. The standard InChI is InChI=1S/C16H10ClF4NO3/c17-12-6-3-10(16(19,20)21)7-13(12)22-14(23)8-25-15(24)9-1-4-11(18)5-2-9/h1-7H,8H2,(H,22,23). The zero-order valence-corrected chi connectivity index (χ0v) is 13.1. The van der Waals surface area contributed by atoms with Gasteiger partial charge in [0, 0.05) is 0 Å². The molecule has 132 valence electrons. The average Bonchev–Trinajstić information content (AvgIpc) is 2.54. The van der Waals surface area contributed by atoms with Crippen LogP contribution in [0.1, 0.15) is 15.9 Å². The molecule has 0 heterocycles. The highest BCUT2D eigenvalue weighted by Gasteiger charge is 2.31. The van der Waals surface area contributed by atoms with Crippen molar-refractivity contribution in [2.75, 3.05) is 11.9 Å². The maximum absolute atomic E-state index is 12.8. The summed E-state index contributed by atoms with van der Waals surface area (Å²) < 4.78 is 55.4. The lowest BCUT2D eigenvalue weighted by atomic mass is 10.2. The first kappa shape index (κ1) is 18.7. The molecule has 0 radical (unpaired) electrons. The van der Waals surface area contributed by atoms with Crippen LogP contribution < -0.4 is 5.32 Å². The second-order valence-corrected chi connectivity index (χ2v) is 5.23.